The van der Waals surface area contributed by atoms with Crippen molar-refractivity contribution < 1.29 is 9.53 Å². The van der Waals surface area contributed by atoms with Crippen LogP contribution in [0.3, 0.4) is 0 Å². The summed E-state index contributed by atoms with van der Waals surface area (Å²) in [6.45, 7) is 0. The van der Waals surface area contributed by atoms with Crippen LogP contribution in [0.5, 0.6) is 0 Å². The maximum absolute atomic E-state index is 11.8. The molecule has 3 aromatic rings. The highest BCUT2D eigenvalue weighted by Crippen LogP contribution is 2.30. The van der Waals surface area contributed by atoms with Gasteiger partial charge in [-0.15, -0.1) is 0 Å². The molecule has 0 unspecified atom stereocenters. The van der Waals surface area contributed by atoms with E-state index in [4.69, 9.17) is 4.74 Å². The summed E-state index contributed by atoms with van der Waals surface area (Å²) in [6.07, 6.45) is 0. The highest BCUT2D eigenvalue weighted by Gasteiger charge is 2.15. The Morgan fingerprint density at radius 2 is 1.78 bits per heavy atom. The first kappa shape index (κ1) is 10.8. The molecule has 0 aliphatic rings. The van der Waals surface area contributed by atoms with Gasteiger partial charge >= 0.3 is 5.97 Å². The lowest BCUT2D eigenvalue weighted by molar-refractivity contribution is 0.0602. The lowest BCUT2D eigenvalue weighted by Crippen LogP contribution is -2.03. The molecular formula is C15H13NO2. The zero-order valence-corrected chi connectivity index (χ0v) is 10.3. The van der Waals surface area contributed by atoms with Crippen LogP contribution >= 0.6 is 0 Å². The van der Waals surface area contributed by atoms with E-state index in [0.717, 1.165) is 21.8 Å². The highest BCUT2D eigenvalue weighted by molar-refractivity contribution is 6.14. The summed E-state index contributed by atoms with van der Waals surface area (Å²) in [5.74, 6) is -0.300. The molecule has 0 aliphatic heterocycles. The second-order valence-corrected chi connectivity index (χ2v) is 4.27. The number of ether oxygens (including phenoxy) is 1. The van der Waals surface area contributed by atoms with Crippen molar-refractivity contribution in [1.82, 2.24) is 4.57 Å². The molecule has 0 radical (unpaired) electrons. The zero-order valence-electron chi connectivity index (χ0n) is 10.3. The standard InChI is InChI=1S/C15H13NO2/c1-16-13-9-4-3-6-10(13)11-7-5-8-12(14(11)16)15(17)18-2/h3-9H,1-2H3. The van der Waals surface area contributed by atoms with Gasteiger partial charge in [-0.3, -0.25) is 0 Å². The molecule has 0 spiro atoms. The van der Waals surface area contributed by atoms with Crippen LogP contribution in [-0.2, 0) is 11.8 Å². The van der Waals surface area contributed by atoms with Gasteiger partial charge in [0.1, 0.15) is 0 Å². The number of hydrogen-bond donors (Lipinski definition) is 0. The number of benzene rings is 2. The van der Waals surface area contributed by atoms with Crippen molar-refractivity contribution in [3.8, 4) is 0 Å². The minimum absolute atomic E-state index is 0.300. The number of hydrogen-bond acceptors (Lipinski definition) is 2. The van der Waals surface area contributed by atoms with E-state index in [1.54, 1.807) is 6.07 Å². The van der Waals surface area contributed by atoms with Gasteiger partial charge in [0.25, 0.3) is 0 Å². The highest BCUT2D eigenvalue weighted by atomic mass is 16.5. The van der Waals surface area contributed by atoms with Gasteiger partial charge in [0.05, 0.1) is 18.2 Å². The third-order valence-electron chi connectivity index (χ3n) is 3.33. The number of aromatic nitrogens is 1. The molecule has 0 saturated heterocycles. The van der Waals surface area contributed by atoms with Crippen molar-refractivity contribution in [2.45, 2.75) is 0 Å². The number of aryl methyl sites for hydroxylation is 1. The van der Waals surface area contributed by atoms with Gasteiger partial charge in [0.15, 0.2) is 0 Å². The first-order valence-corrected chi connectivity index (χ1v) is 5.78. The Kier molecular flexibility index (Phi) is 2.33. The van der Waals surface area contributed by atoms with Crippen LogP contribution in [0.25, 0.3) is 21.8 Å². The number of esters is 1. The first-order chi connectivity index (χ1) is 8.74. The molecule has 3 heteroatoms. The van der Waals surface area contributed by atoms with Crippen LogP contribution < -0.4 is 0 Å². The molecule has 18 heavy (non-hydrogen) atoms. The van der Waals surface area contributed by atoms with E-state index in [2.05, 4.69) is 12.1 Å². The fourth-order valence-corrected chi connectivity index (χ4v) is 2.51. The molecule has 2 aromatic carbocycles. The van der Waals surface area contributed by atoms with Gasteiger partial charge in [0.2, 0.25) is 0 Å². The van der Waals surface area contributed by atoms with Crippen LogP contribution in [0.2, 0.25) is 0 Å². The second-order valence-electron chi connectivity index (χ2n) is 4.27. The van der Waals surface area contributed by atoms with Gasteiger partial charge in [0, 0.05) is 23.3 Å². The minimum atomic E-state index is -0.300. The average molecular weight is 239 g/mol. The molecule has 0 saturated carbocycles. The lowest BCUT2D eigenvalue weighted by Gasteiger charge is -2.04. The van der Waals surface area contributed by atoms with Gasteiger partial charge in [-0.25, -0.2) is 4.79 Å². The fraction of sp³-hybridized carbons (Fsp3) is 0.133. The molecule has 0 aliphatic carbocycles. The first-order valence-electron chi connectivity index (χ1n) is 5.78. The van der Waals surface area contributed by atoms with E-state index < -0.39 is 0 Å². The minimum Gasteiger partial charge on any atom is -0.465 e. The van der Waals surface area contributed by atoms with E-state index in [1.165, 1.54) is 7.11 Å². The molecule has 3 rings (SSSR count). The molecule has 90 valence electrons. The van der Waals surface area contributed by atoms with Crippen molar-refractivity contribution in [1.29, 1.82) is 0 Å². The summed E-state index contributed by atoms with van der Waals surface area (Å²) in [4.78, 5) is 11.8. The topological polar surface area (TPSA) is 31.2 Å². The van der Waals surface area contributed by atoms with E-state index in [9.17, 15) is 4.79 Å². The quantitative estimate of drug-likeness (QED) is 0.611. The number of methoxy groups -OCH3 is 1. The van der Waals surface area contributed by atoms with Crippen LogP contribution in [0, 0.1) is 0 Å². The molecule has 0 atom stereocenters. The predicted molar refractivity (Wildman–Crippen MR) is 71.8 cm³/mol. The van der Waals surface area contributed by atoms with Crippen molar-refractivity contribution in [3.63, 3.8) is 0 Å². The number of carbonyl (C=O) groups excluding carboxylic acids is 1. The monoisotopic (exact) mass is 239 g/mol. The fourth-order valence-electron chi connectivity index (χ4n) is 2.51. The summed E-state index contributed by atoms with van der Waals surface area (Å²) < 4.78 is 6.88. The van der Waals surface area contributed by atoms with Crippen molar-refractivity contribution in [2.24, 2.45) is 7.05 Å². The molecule has 1 heterocycles. The normalized spacial score (nSPS) is 11.0. The molecule has 0 bridgehead atoms. The van der Waals surface area contributed by atoms with Crippen molar-refractivity contribution in [2.75, 3.05) is 7.11 Å². The number of nitrogens with zero attached hydrogens (tertiary/aromatic N) is 1. The summed E-state index contributed by atoms with van der Waals surface area (Å²) in [7, 11) is 3.38. The molecular weight excluding hydrogens is 226 g/mol. The number of carbonyl (C=O) groups is 1. The summed E-state index contributed by atoms with van der Waals surface area (Å²) >= 11 is 0. The molecule has 0 N–H and O–H groups in total. The van der Waals surface area contributed by atoms with Gasteiger partial charge in [-0.2, -0.15) is 0 Å². The summed E-state index contributed by atoms with van der Waals surface area (Å²) in [5, 5.41) is 2.23. The van der Waals surface area contributed by atoms with E-state index in [0.29, 0.717) is 5.56 Å². The molecule has 0 amide bonds. The smallest absolute Gasteiger partial charge is 0.340 e. The Bertz CT molecular complexity index is 756. The SMILES string of the molecule is COC(=O)c1cccc2c3ccccc3n(C)c12. The lowest BCUT2D eigenvalue weighted by atomic mass is 10.1. The van der Waals surface area contributed by atoms with Crippen molar-refractivity contribution in [3.05, 3.63) is 48.0 Å². The Balaban J connectivity index is 2.52. The van der Waals surface area contributed by atoms with Crippen LogP contribution in [0.15, 0.2) is 42.5 Å². The van der Waals surface area contributed by atoms with Crippen LogP contribution in [0.1, 0.15) is 10.4 Å². The third kappa shape index (κ3) is 1.34. The van der Waals surface area contributed by atoms with Crippen LogP contribution in [0.4, 0.5) is 0 Å². The average Bonchev–Trinajstić information content (AvgIpc) is 2.72. The third-order valence-corrected chi connectivity index (χ3v) is 3.33. The van der Waals surface area contributed by atoms with E-state index in [-0.39, 0.29) is 5.97 Å². The Morgan fingerprint density at radius 1 is 1.06 bits per heavy atom. The van der Waals surface area contributed by atoms with E-state index in [1.807, 2.05) is 35.9 Å². The molecule has 3 nitrogen and oxygen atoms in total. The number of fused-ring (bicyclic) bond motifs is 3. The maximum atomic E-state index is 11.8. The van der Waals surface area contributed by atoms with Crippen LogP contribution in [-0.4, -0.2) is 17.6 Å². The molecule has 1 aromatic heterocycles. The largest absolute Gasteiger partial charge is 0.465 e. The van der Waals surface area contributed by atoms with Crippen molar-refractivity contribution >= 4 is 27.8 Å². The second kappa shape index (κ2) is 3.88. The summed E-state index contributed by atoms with van der Waals surface area (Å²) in [5.41, 5.74) is 2.64. The van der Waals surface area contributed by atoms with Gasteiger partial charge in [-0.1, -0.05) is 30.3 Å². The van der Waals surface area contributed by atoms with Gasteiger partial charge in [-0.05, 0) is 12.1 Å². The Labute approximate surface area is 105 Å². The number of rotatable bonds is 1. The summed E-state index contributed by atoms with van der Waals surface area (Å²) in [6, 6.07) is 13.8. The number of para-hydroxylation sites is 2. The molecule has 0 fully saturated rings. The Hall–Kier alpha value is -2.29. The predicted octanol–water partition coefficient (Wildman–Crippen LogP) is 3.12. The zero-order chi connectivity index (χ0) is 12.7. The Morgan fingerprint density at radius 3 is 2.56 bits per heavy atom. The maximum Gasteiger partial charge on any atom is 0.340 e. The van der Waals surface area contributed by atoms with E-state index >= 15 is 0 Å². The van der Waals surface area contributed by atoms with Gasteiger partial charge < -0.3 is 9.30 Å².